The van der Waals surface area contributed by atoms with Gasteiger partial charge in [0.15, 0.2) is 28.8 Å². The average molecular weight is 730 g/mol. The lowest BCUT2D eigenvalue weighted by molar-refractivity contribution is -0.207. The fraction of sp³-hybridized carbons (Fsp3) is 0.750. The Bertz CT molecular complexity index is 1540. The second kappa shape index (κ2) is 14.8. The van der Waals surface area contributed by atoms with Crippen molar-refractivity contribution in [3.8, 4) is 0 Å². The van der Waals surface area contributed by atoms with Gasteiger partial charge < -0.3 is 37.8 Å². The van der Waals surface area contributed by atoms with Gasteiger partial charge in [0.25, 0.3) is 0 Å². The maximum Gasteiger partial charge on any atom is 0.416 e. The Morgan fingerprint density at radius 2 is 1.84 bits per heavy atom. The largest absolute Gasteiger partial charge is 0.443 e. The van der Waals surface area contributed by atoms with Gasteiger partial charge in [0.1, 0.15) is 23.9 Å². The lowest BCUT2D eigenvalue weighted by Crippen LogP contribution is -2.43. The van der Waals surface area contributed by atoms with Crippen molar-refractivity contribution in [3.63, 3.8) is 0 Å². The van der Waals surface area contributed by atoms with Crippen LogP contribution in [-0.2, 0) is 37.3 Å². The van der Waals surface area contributed by atoms with Crippen molar-refractivity contribution in [2.75, 3.05) is 31.3 Å². The Morgan fingerprint density at radius 1 is 1.18 bits per heavy atom. The molecule has 1 N–H and O–H groups in total. The van der Waals surface area contributed by atoms with Gasteiger partial charge in [-0.05, 0) is 72.9 Å². The van der Waals surface area contributed by atoms with Crippen molar-refractivity contribution in [1.82, 2.24) is 19.7 Å². The van der Waals surface area contributed by atoms with Gasteiger partial charge in [0.05, 0.1) is 38.0 Å². The summed E-state index contributed by atoms with van der Waals surface area (Å²) >= 11 is 6.53. The summed E-state index contributed by atoms with van der Waals surface area (Å²) in [5.74, 6) is -0.700. The number of aromatic nitrogens is 4. The van der Waals surface area contributed by atoms with Crippen molar-refractivity contribution >= 4 is 42.1 Å². The van der Waals surface area contributed by atoms with E-state index in [9.17, 15) is 14.5 Å². The predicted molar refractivity (Wildman–Crippen MR) is 180 cm³/mol. The van der Waals surface area contributed by atoms with E-state index in [1.807, 2.05) is 20.8 Å². The standard InChI is InChI=1S/C32H49ClN5O10P/c1-9-16-32(19-39,49(41,43-10-2)44-11-3)42-18-22-23-24(47-31(7,8)46-23)27(45-22)38-26-21(17-34-38)25(35-28(33)36-26)37(20-14-12-13-15-20)29(40)48-30(4,5)6/h9,17,20,22-24,27,39H,1,10-16,18-19H2,2-8H3/t22?,23-,24-,27-,32?/m1/s1. The zero-order valence-corrected chi connectivity index (χ0v) is 30.9. The molecule has 2 aromatic heterocycles. The number of hydrogen-bond donors (Lipinski definition) is 1. The molecule has 49 heavy (non-hydrogen) atoms. The minimum atomic E-state index is -4.00. The quantitative estimate of drug-likeness (QED) is 0.134. The molecule has 2 unspecified atom stereocenters. The highest BCUT2D eigenvalue weighted by molar-refractivity contribution is 7.55. The Morgan fingerprint density at radius 3 is 2.43 bits per heavy atom. The molecule has 3 aliphatic rings. The normalized spacial score (nSPS) is 25.4. The van der Waals surface area contributed by atoms with E-state index in [-0.39, 0.29) is 37.6 Å². The first-order valence-electron chi connectivity index (χ1n) is 16.8. The van der Waals surface area contributed by atoms with E-state index in [1.165, 1.54) is 10.8 Å². The number of fused-ring (bicyclic) bond motifs is 2. The van der Waals surface area contributed by atoms with E-state index in [4.69, 9.17) is 44.3 Å². The molecule has 0 radical (unpaired) electrons. The van der Waals surface area contributed by atoms with Crippen LogP contribution in [0.15, 0.2) is 18.9 Å². The third-order valence-corrected chi connectivity index (χ3v) is 11.4. The van der Waals surface area contributed by atoms with E-state index in [0.717, 1.165) is 25.7 Å². The summed E-state index contributed by atoms with van der Waals surface area (Å²) in [6.45, 7) is 15.4. The Hall–Kier alpha value is -2.20. The van der Waals surface area contributed by atoms with Crippen LogP contribution in [0.2, 0.25) is 5.28 Å². The van der Waals surface area contributed by atoms with Gasteiger partial charge in [-0.15, -0.1) is 6.58 Å². The second-order valence-electron chi connectivity index (χ2n) is 13.8. The smallest absolute Gasteiger partial charge is 0.416 e. The van der Waals surface area contributed by atoms with Crippen LogP contribution in [0.1, 0.15) is 86.8 Å². The van der Waals surface area contributed by atoms with Crippen LogP contribution in [0, 0.1) is 0 Å². The van der Waals surface area contributed by atoms with Crippen LogP contribution in [0.4, 0.5) is 10.6 Å². The number of aliphatic hydroxyl groups excluding tert-OH is 1. The minimum absolute atomic E-state index is 0.0228. The van der Waals surface area contributed by atoms with Gasteiger partial charge in [-0.2, -0.15) is 15.1 Å². The Kier molecular flexibility index (Phi) is 11.5. The van der Waals surface area contributed by atoms with Crippen molar-refractivity contribution < 1.29 is 47.2 Å². The van der Waals surface area contributed by atoms with E-state index >= 15 is 0 Å². The lowest BCUT2D eigenvalue weighted by atomic mass is 10.1. The number of aliphatic hydroxyl groups is 1. The molecule has 2 saturated heterocycles. The summed E-state index contributed by atoms with van der Waals surface area (Å²) in [7, 11) is -4.00. The lowest BCUT2D eigenvalue weighted by Gasteiger charge is -2.37. The van der Waals surface area contributed by atoms with Crippen LogP contribution in [-0.4, -0.2) is 98.5 Å². The van der Waals surface area contributed by atoms with E-state index in [0.29, 0.717) is 16.9 Å². The molecule has 1 saturated carbocycles. The number of anilines is 1. The van der Waals surface area contributed by atoms with Crippen molar-refractivity contribution in [2.45, 2.75) is 128 Å². The van der Waals surface area contributed by atoms with Crippen LogP contribution in [0.3, 0.4) is 0 Å². The van der Waals surface area contributed by atoms with E-state index in [1.54, 1.807) is 38.8 Å². The molecule has 0 aromatic carbocycles. The SMILES string of the molecule is C=CCC(CO)(OCC1O[C@@H](n2ncc3c(N(C(=O)OC(C)(C)C)C4CCCC4)nc(Cl)nc32)[C@@H]2OC(C)(C)O[C@H]12)P(=O)(OCC)OCC. The molecule has 1 amide bonds. The van der Waals surface area contributed by atoms with Crippen molar-refractivity contribution in [1.29, 1.82) is 0 Å². The summed E-state index contributed by atoms with van der Waals surface area (Å²) in [6.07, 6.45) is 3.00. The molecule has 17 heteroatoms. The topological polar surface area (TPSA) is 166 Å². The Balaban J connectivity index is 1.51. The number of amides is 1. The molecule has 4 heterocycles. The minimum Gasteiger partial charge on any atom is -0.443 e. The summed E-state index contributed by atoms with van der Waals surface area (Å²) < 4.78 is 57.9. The van der Waals surface area contributed by atoms with Crippen molar-refractivity contribution in [3.05, 3.63) is 24.1 Å². The summed E-state index contributed by atoms with van der Waals surface area (Å²) in [5.41, 5.74) is -0.420. The van der Waals surface area contributed by atoms with Gasteiger partial charge in [0.2, 0.25) is 5.28 Å². The second-order valence-corrected chi connectivity index (χ2v) is 16.5. The van der Waals surface area contributed by atoms with Crippen LogP contribution >= 0.6 is 19.2 Å². The molecule has 0 spiro atoms. The number of hydrogen-bond acceptors (Lipinski definition) is 13. The molecule has 274 valence electrons. The van der Waals surface area contributed by atoms with Crippen LogP contribution in [0.25, 0.3) is 11.0 Å². The molecule has 5 rings (SSSR count). The molecular weight excluding hydrogens is 681 g/mol. The predicted octanol–water partition coefficient (Wildman–Crippen LogP) is 6.13. The molecule has 15 nitrogen and oxygen atoms in total. The van der Waals surface area contributed by atoms with Gasteiger partial charge in [-0.3, -0.25) is 9.46 Å². The van der Waals surface area contributed by atoms with Gasteiger partial charge in [0, 0.05) is 12.5 Å². The maximum absolute atomic E-state index is 14.0. The fourth-order valence-electron chi connectivity index (χ4n) is 6.65. The van der Waals surface area contributed by atoms with Crippen LogP contribution < -0.4 is 4.90 Å². The molecular formula is C32H49ClN5O10P. The first kappa shape index (κ1) is 38.0. The molecule has 1 aliphatic carbocycles. The summed E-state index contributed by atoms with van der Waals surface area (Å²) in [5, 5.41) is 13.8. The highest BCUT2D eigenvalue weighted by atomic mass is 35.5. The highest BCUT2D eigenvalue weighted by Crippen LogP contribution is 2.62. The monoisotopic (exact) mass is 729 g/mol. The number of nitrogens with zero attached hydrogens (tertiary/aromatic N) is 5. The average Bonchev–Trinajstić information content (AvgIpc) is 3.79. The summed E-state index contributed by atoms with van der Waals surface area (Å²) in [4.78, 5) is 24.2. The van der Waals surface area contributed by atoms with Gasteiger partial charge in [-0.25, -0.2) is 9.48 Å². The zero-order valence-electron chi connectivity index (χ0n) is 29.3. The number of carbonyl (C=O) groups is 1. The molecule has 0 bridgehead atoms. The van der Waals surface area contributed by atoms with Crippen molar-refractivity contribution in [2.24, 2.45) is 0 Å². The Labute approximate surface area is 292 Å². The highest BCUT2D eigenvalue weighted by Gasteiger charge is 2.58. The third-order valence-electron chi connectivity index (χ3n) is 8.60. The first-order chi connectivity index (χ1) is 23.1. The number of halogens is 1. The third kappa shape index (κ3) is 7.70. The molecule has 2 aliphatic heterocycles. The summed E-state index contributed by atoms with van der Waals surface area (Å²) in [6, 6.07) is -0.139. The maximum atomic E-state index is 14.0. The number of carbonyl (C=O) groups excluding carboxylic acids is 1. The fourth-order valence-corrected chi connectivity index (χ4v) is 8.79. The van der Waals surface area contributed by atoms with Gasteiger partial charge >= 0.3 is 13.7 Å². The van der Waals surface area contributed by atoms with Gasteiger partial charge in [-0.1, -0.05) is 18.9 Å². The molecule has 5 atom stereocenters. The molecule has 3 fully saturated rings. The number of ether oxygens (including phenoxy) is 5. The van der Waals surface area contributed by atoms with Crippen LogP contribution in [0.5, 0.6) is 0 Å². The first-order valence-corrected chi connectivity index (χ1v) is 18.7. The molecule has 2 aromatic rings. The van der Waals surface area contributed by atoms with E-state index < -0.39 is 61.6 Å². The number of rotatable bonds is 14. The zero-order chi connectivity index (χ0) is 35.8. The van der Waals surface area contributed by atoms with E-state index in [2.05, 4.69) is 21.6 Å².